The summed E-state index contributed by atoms with van der Waals surface area (Å²) < 4.78 is 5.90. The molecule has 1 saturated heterocycles. The van der Waals surface area contributed by atoms with E-state index in [4.69, 9.17) is 10.00 Å². The van der Waals surface area contributed by atoms with Crippen molar-refractivity contribution in [3.63, 3.8) is 0 Å². The quantitative estimate of drug-likeness (QED) is 0.893. The molecular weight excluding hydrogens is 254 g/mol. The Morgan fingerprint density at radius 2 is 2.05 bits per heavy atom. The summed E-state index contributed by atoms with van der Waals surface area (Å²) in [5, 5.41) is 11.4. The molecule has 0 spiro atoms. The first kappa shape index (κ1) is 14.4. The maximum atomic E-state index is 11.3. The molecule has 0 aliphatic carbocycles. The van der Waals surface area contributed by atoms with Gasteiger partial charge in [-0.05, 0) is 37.1 Å². The van der Waals surface area contributed by atoms with Gasteiger partial charge in [-0.1, -0.05) is 0 Å². The minimum Gasteiger partial charge on any atom is -0.490 e. The van der Waals surface area contributed by atoms with E-state index in [1.807, 2.05) is 12.1 Å². The average Bonchev–Trinajstić information content (AvgIpc) is 2.50. The van der Waals surface area contributed by atoms with Crippen LogP contribution in [0.4, 0.5) is 0 Å². The topological polar surface area (TPSA) is 65.4 Å². The van der Waals surface area contributed by atoms with Crippen molar-refractivity contribution in [2.24, 2.45) is 0 Å². The number of nitriles is 1. The largest absolute Gasteiger partial charge is 0.490 e. The zero-order chi connectivity index (χ0) is 14.4. The van der Waals surface area contributed by atoms with Gasteiger partial charge in [0.1, 0.15) is 11.9 Å². The van der Waals surface area contributed by atoms with E-state index in [1.54, 1.807) is 19.2 Å². The molecule has 1 amide bonds. The fourth-order valence-corrected chi connectivity index (χ4v) is 2.27. The highest BCUT2D eigenvalue weighted by Crippen LogP contribution is 2.19. The number of hydrogen-bond acceptors (Lipinski definition) is 4. The summed E-state index contributed by atoms with van der Waals surface area (Å²) in [5.74, 6) is 0.852. The van der Waals surface area contributed by atoms with Crippen molar-refractivity contribution in [3.8, 4) is 11.8 Å². The smallest absolute Gasteiger partial charge is 0.233 e. The number of nitrogens with one attached hydrogen (secondary N) is 1. The van der Waals surface area contributed by atoms with Crippen LogP contribution in [0.15, 0.2) is 24.3 Å². The molecule has 1 aromatic rings. The van der Waals surface area contributed by atoms with Crippen LogP contribution in [0.5, 0.6) is 5.75 Å². The number of rotatable bonds is 4. The molecular formula is C15H19N3O2. The van der Waals surface area contributed by atoms with Crippen molar-refractivity contribution in [2.45, 2.75) is 18.9 Å². The molecule has 1 N–H and O–H groups in total. The van der Waals surface area contributed by atoms with Crippen LogP contribution in [-0.4, -0.2) is 43.6 Å². The number of likely N-dealkylation sites (N-methyl/N-ethyl adjacent to an activating group) is 1. The van der Waals surface area contributed by atoms with Gasteiger partial charge in [-0.25, -0.2) is 0 Å². The zero-order valence-corrected chi connectivity index (χ0v) is 11.6. The van der Waals surface area contributed by atoms with Gasteiger partial charge in [-0.15, -0.1) is 0 Å². The summed E-state index contributed by atoms with van der Waals surface area (Å²) in [4.78, 5) is 13.4. The standard InChI is InChI=1S/C15H19N3O2/c1-17-15(19)11-18-8-6-14(7-9-18)20-13-4-2-12(10-16)3-5-13/h2-5,14H,6-9,11H2,1H3,(H,17,19). The number of likely N-dealkylation sites (tertiary alicyclic amines) is 1. The van der Waals surface area contributed by atoms with E-state index >= 15 is 0 Å². The second-order valence-corrected chi connectivity index (χ2v) is 4.90. The Morgan fingerprint density at radius 3 is 2.60 bits per heavy atom. The highest BCUT2D eigenvalue weighted by Gasteiger charge is 2.21. The van der Waals surface area contributed by atoms with Crippen molar-refractivity contribution in [1.29, 1.82) is 5.26 Å². The van der Waals surface area contributed by atoms with E-state index in [-0.39, 0.29) is 12.0 Å². The van der Waals surface area contributed by atoms with E-state index in [0.717, 1.165) is 31.7 Å². The lowest BCUT2D eigenvalue weighted by Gasteiger charge is -2.31. The minimum atomic E-state index is 0.0523. The van der Waals surface area contributed by atoms with E-state index in [1.165, 1.54) is 0 Å². The Balaban J connectivity index is 1.79. The molecule has 5 nitrogen and oxygen atoms in total. The lowest BCUT2D eigenvalue weighted by Crippen LogP contribution is -2.43. The van der Waals surface area contributed by atoms with Gasteiger partial charge in [0.25, 0.3) is 0 Å². The summed E-state index contributed by atoms with van der Waals surface area (Å²) in [7, 11) is 1.66. The molecule has 1 heterocycles. The Kier molecular flexibility index (Phi) is 4.97. The molecule has 0 atom stereocenters. The highest BCUT2D eigenvalue weighted by atomic mass is 16.5. The third kappa shape index (κ3) is 3.97. The van der Waals surface area contributed by atoms with Gasteiger partial charge in [-0.3, -0.25) is 9.69 Å². The Bertz CT molecular complexity index is 485. The second-order valence-electron chi connectivity index (χ2n) is 4.90. The molecule has 5 heteroatoms. The Labute approximate surface area is 119 Å². The molecule has 1 aliphatic heterocycles. The van der Waals surface area contributed by atoms with Crippen molar-refractivity contribution in [3.05, 3.63) is 29.8 Å². The van der Waals surface area contributed by atoms with Gasteiger partial charge in [0.05, 0.1) is 18.2 Å². The van der Waals surface area contributed by atoms with Crippen LogP contribution >= 0.6 is 0 Å². The van der Waals surface area contributed by atoms with E-state index in [2.05, 4.69) is 16.3 Å². The first-order valence-electron chi connectivity index (χ1n) is 6.81. The fourth-order valence-electron chi connectivity index (χ4n) is 2.27. The monoisotopic (exact) mass is 273 g/mol. The molecule has 0 radical (unpaired) electrons. The number of ether oxygens (including phenoxy) is 1. The normalized spacial score (nSPS) is 16.4. The number of carbonyl (C=O) groups excluding carboxylic acids is 1. The summed E-state index contributed by atoms with van der Waals surface area (Å²) in [6.45, 7) is 2.20. The first-order valence-corrected chi connectivity index (χ1v) is 6.81. The fraction of sp³-hybridized carbons (Fsp3) is 0.467. The summed E-state index contributed by atoms with van der Waals surface area (Å²) >= 11 is 0. The van der Waals surface area contributed by atoms with Crippen LogP contribution in [0.25, 0.3) is 0 Å². The molecule has 0 unspecified atom stereocenters. The minimum absolute atomic E-state index is 0.0523. The SMILES string of the molecule is CNC(=O)CN1CCC(Oc2ccc(C#N)cc2)CC1. The van der Waals surface area contributed by atoms with E-state index in [0.29, 0.717) is 12.1 Å². The maximum Gasteiger partial charge on any atom is 0.233 e. The van der Waals surface area contributed by atoms with Crippen molar-refractivity contribution in [1.82, 2.24) is 10.2 Å². The van der Waals surface area contributed by atoms with Gasteiger partial charge >= 0.3 is 0 Å². The van der Waals surface area contributed by atoms with E-state index < -0.39 is 0 Å². The van der Waals surface area contributed by atoms with Crippen molar-refractivity contribution >= 4 is 5.91 Å². The molecule has 20 heavy (non-hydrogen) atoms. The summed E-state index contributed by atoms with van der Waals surface area (Å²) in [5.41, 5.74) is 0.637. The third-order valence-corrected chi connectivity index (χ3v) is 3.47. The van der Waals surface area contributed by atoms with Crippen LogP contribution in [0.2, 0.25) is 0 Å². The number of benzene rings is 1. The number of nitrogens with zero attached hydrogens (tertiary/aromatic N) is 2. The maximum absolute atomic E-state index is 11.3. The van der Waals surface area contributed by atoms with Gasteiger partial charge in [0.15, 0.2) is 0 Å². The molecule has 1 fully saturated rings. The van der Waals surface area contributed by atoms with Crippen LogP contribution in [0.3, 0.4) is 0 Å². The lowest BCUT2D eigenvalue weighted by atomic mass is 10.1. The summed E-state index contributed by atoms with van der Waals surface area (Å²) in [6, 6.07) is 9.26. The predicted molar refractivity (Wildman–Crippen MR) is 75.3 cm³/mol. The molecule has 0 saturated carbocycles. The van der Waals surface area contributed by atoms with Gasteiger partial charge < -0.3 is 10.1 Å². The number of carbonyl (C=O) groups is 1. The summed E-state index contributed by atoms with van der Waals surface area (Å²) in [6.07, 6.45) is 2.01. The predicted octanol–water partition coefficient (Wildman–Crippen LogP) is 1.15. The van der Waals surface area contributed by atoms with Crippen LogP contribution in [0.1, 0.15) is 18.4 Å². The highest BCUT2D eigenvalue weighted by molar-refractivity contribution is 5.77. The molecule has 2 rings (SSSR count). The lowest BCUT2D eigenvalue weighted by molar-refractivity contribution is -0.122. The van der Waals surface area contributed by atoms with Crippen LogP contribution < -0.4 is 10.1 Å². The Morgan fingerprint density at radius 1 is 1.40 bits per heavy atom. The average molecular weight is 273 g/mol. The molecule has 0 bridgehead atoms. The van der Waals surface area contributed by atoms with Gasteiger partial charge in [0, 0.05) is 20.1 Å². The number of hydrogen-bond donors (Lipinski definition) is 1. The van der Waals surface area contributed by atoms with Crippen LogP contribution in [-0.2, 0) is 4.79 Å². The molecule has 106 valence electrons. The number of piperidine rings is 1. The zero-order valence-electron chi connectivity index (χ0n) is 11.6. The van der Waals surface area contributed by atoms with Gasteiger partial charge in [0.2, 0.25) is 5.91 Å². The molecule has 0 aromatic heterocycles. The number of amides is 1. The van der Waals surface area contributed by atoms with E-state index in [9.17, 15) is 4.79 Å². The molecule has 1 aromatic carbocycles. The third-order valence-electron chi connectivity index (χ3n) is 3.47. The van der Waals surface area contributed by atoms with Crippen molar-refractivity contribution < 1.29 is 9.53 Å². The van der Waals surface area contributed by atoms with Crippen LogP contribution in [0, 0.1) is 11.3 Å². The van der Waals surface area contributed by atoms with Gasteiger partial charge in [-0.2, -0.15) is 5.26 Å². The van der Waals surface area contributed by atoms with Crippen molar-refractivity contribution in [2.75, 3.05) is 26.7 Å². The second kappa shape index (κ2) is 6.92. The first-order chi connectivity index (χ1) is 9.71. The Hall–Kier alpha value is -2.06. The molecule has 1 aliphatic rings.